The average Bonchev–Trinajstić information content (AvgIpc) is 2.77. The highest BCUT2D eigenvalue weighted by atomic mass is 16.6. The van der Waals surface area contributed by atoms with Crippen molar-refractivity contribution in [2.45, 2.75) is 12.5 Å². The van der Waals surface area contributed by atoms with Crippen molar-refractivity contribution < 1.29 is 24.0 Å². The zero-order valence-corrected chi connectivity index (χ0v) is 16.5. The second kappa shape index (κ2) is 9.04. The van der Waals surface area contributed by atoms with E-state index in [9.17, 15) is 19.7 Å². The van der Waals surface area contributed by atoms with E-state index in [2.05, 4.69) is 5.32 Å². The van der Waals surface area contributed by atoms with Gasteiger partial charge in [-0.1, -0.05) is 36.4 Å². The number of esters is 1. The predicted molar refractivity (Wildman–Crippen MR) is 111 cm³/mol. The Morgan fingerprint density at radius 3 is 2.50 bits per heavy atom. The average molecular weight is 408 g/mol. The minimum Gasteiger partial charge on any atom is -0.496 e. The summed E-state index contributed by atoms with van der Waals surface area (Å²) in [6, 6.07) is 15.7. The Morgan fingerprint density at radius 2 is 1.80 bits per heavy atom. The van der Waals surface area contributed by atoms with Gasteiger partial charge in [0, 0.05) is 29.7 Å². The van der Waals surface area contributed by atoms with Crippen molar-refractivity contribution in [1.29, 1.82) is 0 Å². The van der Waals surface area contributed by atoms with Crippen molar-refractivity contribution in [3.8, 4) is 5.75 Å². The Labute approximate surface area is 172 Å². The number of carbonyl (C=O) groups is 2. The van der Waals surface area contributed by atoms with Gasteiger partial charge in [-0.15, -0.1) is 0 Å². The Balaban J connectivity index is 1.92. The molecule has 0 fully saturated rings. The Morgan fingerprint density at radius 1 is 1.07 bits per heavy atom. The maximum absolute atomic E-state index is 13.0. The highest BCUT2D eigenvalue weighted by Crippen LogP contribution is 2.26. The van der Waals surface area contributed by atoms with Gasteiger partial charge in [-0.05, 0) is 22.9 Å². The van der Waals surface area contributed by atoms with E-state index in [1.165, 1.54) is 32.4 Å². The molecular weight excluding hydrogens is 388 g/mol. The molecule has 0 radical (unpaired) electrons. The minimum absolute atomic E-state index is 0.0337. The quantitative estimate of drug-likeness (QED) is 0.365. The van der Waals surface area contributed by atoms with Gasteiger partial charge in [-0.3, -0.25) is 14.9 Å². The van der Waals surface area contributed by atoms with Crippen molar-refractivity contribution in [2.24, 2.45) is 0 Å². The van der Waals surface area contributed by atoms with Gasteiger partial charge in [0.2, 0.25) is 0 Å². The van der Waals surface area contributed by atoms with Gasteiger partial charge in [0.25, 0.3) is 11.6 Å². The molecule has 154 valence electrons. The Hall–Kier alpha value is -3.94. The molecule has 0 aromatic heterocycles. The third-order valence-corrected chi connectivity index (χ3v) is 4.72. The summed E-state index contributed by atoms with van der Waals surface area (Å²) in [6.07, 6.45) is -0.0337. The van der Waals surface area contributed by atoms with E-state index in [-0.39, 0.29) is 12.1 Å². The Bertz CT molecular complexity index is 1110. The molecule has 3 aromatic rings. The summed E-state index contributed by atoms with van der Waals surface area (Å²) in [5.74, 6) is -0.752. The molecule has 0 aliphatic heterocycles. The zero-order valence-electron chi connectivity index (χ0n) is 16.5. The summed E-state index contributed by atoms with van der Waals surface area (Å²) in [7, 11) is 2.64. The second-order valence-electron chi connectivity index (χ2n) is 6.53. The molecule has 0 bridgehead atoms. The van der Waals surface area contributed by atoms with E-state index < -0.39 is 22.8 Å². The van der Waals surface area contributed by atoms with Crippen LogP contribution in [0.15, 0.2) is 60.7 Å². The molecule has 0 aliphatic rings. The maximum atomic E-state index is 13.0. The lowest BCUT2D eigenvalue weighted by molar-refractivity contribution is -0.384. The fourth-order valence-corrected chi connectivity index (χ4v) is 3.25. The molecule has 0 aliphatic carbocycles. The number of hydrogen-bond donors (Lipinski definition) is 1. The van der Waals surface area contributed by atoms with Crippen molar-refractivity contribution in [1.82, 2.24) is 5.32 Å². The lowest BCUT2D eigenvalue weighted by atomic mass is 10.0. The van der Waals surface area contributed by atoms with Crippen molar-refractivity contribution in [3.63, 3.8) is 0 Å². The van der Waals surface area contributed by atoms with Crippen LogP contribution in [-0.2, 0) is 16.0 Å². The minimum atomic E-state index is -1.06. The van der Waals surface area contributed by atoms with Crippen LogP contribution >= 0.6 is 0 Å². The van der Waals surface area contributed by atoms with Crippen LogP contribution in [0.1, 0.15) is 15.9 Å². The van der Waals surface area contributed by atoms with E-state index >= 15 is 0 Å². The van der Waals surface area contributed by atoms with Gasteiger partial charge in [0.15, 0.2) is 0 Å². The molecule has 8 nitrogen and oxygen atoms in total. The van der Waals surface area contributed by atoms with Crippen molar-refractivity contribution in [3.05, 3.63) is 81.9 Å². The van der Waals surface area contributed by atoms with Crippen LogP contribution in [0, 0.1) is 10.1 Å². The number of amides is 1. The van der Waals surface area contributed by atoms with Gasteiger partial charge in [0.05, 0.1) is 19.1 Å². The number of fused-ring (bicyclic) bond motifs is 1. The van der Waals surface area contributed by atoms with E-state index in [0.29, 0.717) is 16.9 Å². The van der Waals surface area contributed by atoms with Crippen LogP contribution in [0.4, 0.5) is 5.69 Å². The van der Waals surface area contributed by atoms with Crippen LogP contribution in [-0.4, -0.2) is 37.1 Å². The highest BCUT2D eigenvalue weighted by Gasteiger charge is 2.25. The fraction of sp³-hybridized carbons (Fsp3) is 0.182. The number of rotatable bonds is 7. The van der Waals surface area contributed by atoms with Gasteiger partial charge < -0.3 is 14.8 Å². The van der Waals surface area contributed by atoms with Gasteiger partial charge >= 0.3 is 5.97 Å². The molecule has 1 atom stereocenters. The zero-order chi connectivity index (χ0) is 21.7. The molecule has 0 spiro atoms. The van der Waals surface area contributed by atoms with Gasteiger partial charge in [0.1, 0.15) is 11.8 Å². The summed E-state index contributed by atoms with van der Waals surface area (Å²) in [4.78, 5) is 35.9. The summed E-state index contributed by atoms with van der Waals surface area (Å²) in [6.45, 7) is 0. The largest absolute Gasteiger partial charge is 0.496 e. The lowest BCUT2D eigenvalue weighted by Crippen LogP contribution is -2.43. The first kappa shape index (κ1) is 20.8. The fourth-order valence-electron chi connectivity index (χ4n) is 3.25. The van der Waals surface area contributed by atoms with E-state index in [0.717, 1.165) is 10.8 Å². The standard InChI is InChI=1S/C22H20N2O6/c1-29-20-11-10-16(24(27)28)12-15(20)13-19(22(26)30-2)23-21(25)18-9-5-7-14-6-3-4-8-17(14)18/h3-12,19H,13H2,1-2H3,(H,23,25)/t19-/m0/s1. The number of nitrogens with zero attached hydrogens (tertiary/aromatic N) is 1. The molecule has 8 heteroatoms. The van der Waals surface area contributed by atoms with Crippen LogP contribution in [0.5, 0.6) is 5.75 Å². The number of methoxy groups -OCH3 is 2. The normalized spacial score (nSPS) is 11.5. The van der Waals surface area contributed by atoms with E-state index in [4.69, 9.17) is 9.47 Å². The molecule has 0 heterocycles. The molecule has 0 unspecified atom stereocenters. The topological polar surface area (TPSA) is 108 Å². The molecule has 1 N–H and O–H groups in total. The number of nitrogens with one attached hydrogen (secondary N) is 1. The van der Waals surface area contributed by atoms with Crippen LogP contribution in [0.2, 0.25) is 0 Å². The first-order valence-corrected chi connectivity index (χ1v) is 9.12. The SMILES string of the molecule is COC(=O)[C@H](Cc1cc([N+](=O)[O-])ccc1OC)NC(=O)c1cccc2ccccc12. The third-order valence-electron chi connectivity index (χ3n) is 4.72. The number of nitro benzene ring substituents is 1. The molecular formula is C22H20N2O6. The van der Waals surface area contributed by atoms with Gasteiger partial charge in [-0.2, -0.15) is 0 Å². The summed E-state index contributed by atoms with van der Waals surface area (Å²) >= 11 is 0. The van der Waals surface area contributed by atoms with Crippen LogP contribution < -0.4 is 10.1 Å². The van der Waals surface area contributed by atoms with E-state index in [1.54, 1.807) is 12.1 Å². The van der Waals surface area contributed by atoms with Crippen molar-refractivity contribution in [2.75, 3.05) is 14.2 Å². The number of nitro groups is 1. The van der Waals surface area contributed by atoms with Crippen LogP contribution in [0.25, 0.3) is 10.8 Å². The smallest absolute Gasteiger partial charge is 0.328 e. The highest BCUT2D eigenvalue weighted by molar-refractivity contribution is 6.08. The molecule has 0 saturated carbocycles. The van der Waals surface area contributed by atoms with Crippen molar-refractivity contribution >= 4 is 28.3 Å². The monoisotopic (exact) mass is 408 g/mol. The summed E-state index contributed by atoms with van der Waals surface area (Å²) in [5, 5.41) is 15.4. The Kier molecular flexibility index (Phi) is 6.26. The third kappa shape index (κ3) is 4.38. The summed E-state index contributed by atoms with van der Waals surface area (Å²) in [5.41, 5.74) is 0.670. The number of carbonyl (C=O) groups excluding carboxylic acids is 2. The molecule has 3 rings (SSSR count). The molecule has 30 heavy (non-hydrogen) atoms. The number of non-ortho nitro benzene ring substituents is 1. The maximum Gasteiger partial charge on any atom is 0.328 e. The van der Waals surface area contributed by atoms with E-state index in [1.807, 2.05) is 30.3 Å². The lowest BCUT2D eigenvalue weighted by Gasteiger charge is -2.18. The molecule has 1 amide bonds. The summed E-state index contributed by atoms with van der Waals surface area (Å²) < 4.78 is 10.1. The molecule has 3 aromatic carbocycles. The number of ether oxygens (including phenoxy) is 2. The predicted octanol–water partition coefficient (Wildman–Crippen LogP) is 3.27. The first-order chi connectivity index (χ1) is 14.4. The van der Waals surface area contributed by atoms with Crippen LogP contribution in [0.3, 0.4) is 0 Å². The number of hydrogen-bond acceptors (Lipinski definition) is 6. The van der Waals surface area contributed by atoms with Gasteiger partial charge in [-0.25, -0.2) is 4.79 Å². The second-order valence-corrected chi connectivity index (χ2v) is 6.53. The number of benzene rings is 3. The first-order valence-electron chi connectivity index (χ1n) is 9.12. The molecule has 0 saturated heterocycles.